The normalized spacial score (nSPS) is 15.4. The molecule has 1 fully saturated rings. The quantitative estimate of drug-likeness (QED) is 0.354. The summed E-state index contributed by atoms with van der Waals surface area (Å²) in [6.07, 6.45) is 4.82. The number of sulfonamides is 2. The Morgan fingerprint density at radius 2 is 1.11 bits per heavy atom. The van der Waals surface area contributed by atoms with Gasteiger partial charge in [-0.25, -0.2) is 16.8 Å². The lowest BCUT2D eigenvalue weighted by Crippen LogP contribution is -2.40. The first-order chi connectivity index (χ1) is 17.3. The zero-order valence-corrected chi connectivity index (χ0v) is 22.3. The van der Waals surface area contributed by atoms with Crippen molar-refractivity contribution >= 4 is 20.0 Å². The van der Waals surface area contributed by atoms with E-state index in [-0.39, 0.29) is 22.4 Å². The van der Waals surface area contributed by atoms with Crippen molar-refractivity contribution in [3.8, 4) is 0 Å². The van der Waals surface area contributed by atoms with Crippen molar-refractivity contribution < 1.29 is 16.8 Å². The fourth-order valence-corrected chi connectivity index (χ4v) is 7.87. The van der Waals surface area contributed by atoms with Gasteiger partial charge in [0.2, 0.25) is 20.0 Å². The van der Waals surface area contributed by atoms with Crippen LogP contribution in [0.3, 0.4) is 0 Å². The molecule has 0 aromatic heterocycles. The first-order valence-electron chi connectivity index (χ1n) is 12.5. The van der Waals surface area contributed by atoms with Crippen molar-refractivity contribution in [3.05, 3.63) is 96.1 Å². The Balaban J connectivity index is 1.60. The van der Waals surface area contributed by atoms with E-state index in [0.29, 0.717) is 13.1 Å². The van der Waals surface area contributed by atoms with Crippen LogP contribution in [-0.4, -0.2) is 38.0 Å². The molecule has 3 aromatic carbocycles. The van der Waals surface area contributed by atoms with Crippen LogP contribution in [0, 0.1) is 0 Å². The topological polar surface area (TPSA) is 74.8 Å². The lowest BCUT2D eigenvalue weighted by molar-refractivity contribution is 0.247. The summed E-state index contributed by atoms with van der Waals surface area (Å²) in [5.74, 6) is 0. The molecule has 0 heterocycles. The van der Waals surface area contributed by atoms with Crippen molar-refractivity contribution in [2.45, 2.75) is 68.0 Å². The molecular formula is C28H34N2O4S2. The number of hydrogen-bond donors (Lipinski definition) is 0. The minimum atomic E-state index is -3.81. The highest BCUT2D eigenvalue weighted by Crippen LogP contribution is 2.30. The average Bonchev–Trinajstić information content (AvgIpc) is 2.92. The van der Waals surface area contributed by atoms with E-state index in [1.807, 2.05) is 60.7 Å². The Morgan fingerprint density at radius 1 is 0.639 bits per heavy atom. The van der Waals surface area contributed by atoms with Crippen LogP contribution in [0.4, 0.5) is 0 Å². The van der Waals surface area contributed by atoms with Gasteiger partial charge in [0.25, 0.3) is 0 Å². The van der Waals surface area contributed by atoms with Crippen molar-refractivity contribution in [2.24, 2.45) is 0 Å². The molecule has 4 rings (SSSR count). The smallest absolute Gasteiger partial charge is 0.207 e. The van der Waals surface area contributed by atoms with Crippen LogP contribution < -0.4 is 0 Å². The molecule has 0 atom stereocenters. The number of rotatable bonds is 10. The van der Waals surface area contributed by atoms with Crippen LogP contribution in [0.15, 0.2) is 94.7 Å². The van der Waals surface area contributed by atoms with Crippen LogP contribution in [0.2, 0.25) is 0 Å². The molecule has 0 amide bonds. The van der Waals surface area contributed by atoms with E-state index in [4.69, 9.17) is 0 Å². The lowest BCUT2D eigenvalue weighted by atomic mass is 9.95. The summed E-state index contributed by atoms with van der Waals surface area (Å²) in [6.45, 7) is 2.66. The minimum absolute atomic E-state index is 0.0613. The van der Waals surface area contributed by atoms with Crippen molar-refractivity contribution in [1.82, 2.24) is 8.61 Å². The number of nitrogens with zero attached hydrogens (tertiary/aromatic N) is 2. The zero-order chi connectivity index (χ0) is 25.6. The van der Waals surface area contributed by atoms with Gasteiger partial charge in [-0.2, -0.15) is 8.61 Å². The highest BCUT2D eigenvalue weighted by molar-refractivity contribution is 7.89. The predicted molar refractivity (Wildman–Crippen MR) is 142 cm³/mol. The van der Waals surface area contributed by atoms with Gasteiger partial charge < -0.3 is 0 Å². The van der Waals surface area contributed by atoms with E-state index in [9.17, 15) is 16.8 Å². The number of benzene rings is 3. The predicted octanol–water partition coefficient (Wildman–Crippen LogP) is 5.42. The second-order valence-electron chi connectivity index (χ2n) is 9.22. The molecular weight excluding hydrogens is 492 g/mol. The molecule has 36 heavy (non-hydrogen) atoms. The van der Waals surface area contributed by atoms with Gasteiger partial charge in [-0.3, -0.25) is 0 Å². The lowest BCUT2D eigenvalue weighted by Gasteiger charge is -2.33. The summed E-state index contributed by atoms with van der Waals surface area (Å²) in [4.78, 5) is 0.209. The Kier molecular flexibility index (Phi) is 8.62. The Hall–Kier alpha value is -2.52. The summed E-state index contributed by atoms with van der Waals surface area (Å²) in [7, 11) is -7.59. The highest BCUT2D eigenvalue weighted by Gasteiger charge is 2.33. The molecule has 6 nitrogen and oxygen atoms in total. The SMILES string of the molecule is CCN(Cc1ccccc1)S(=O)(=O)c1ccc(S(=O)(=O)N(Cc2ccccc2)C2CCCCC2)cc1. The van der Waals surface area contributed by atoms with E-state index in [2.05, 4.69) is 0 Å². The van der Waals surface area contributed by atoms with E-state index in [0.717, 1.165) is 43.2 Å². The second kappa shape index (κ2) is 11.7. The molecule has 0 spiro atoms. The highest BCUT2D eigenvalue weighted by atomic mass is 32.2. The third-order valence-electron chi connectivity index (χ3n) is 6.79. The van der Waals surface area contributed by atoms with Gasteiger partial charge in [-0.05, 0) is 48.2 Å². The molecule has 0 aliphatic heterocycles. The summed E-state index contributed by atoms with van der Waals surface area (Å²) in [6, 6.07) is 24.7. The van der Waals surface area contributed by atoms with Crippen molar-refractivity contribution in [1.29, 1.82) is 0 Å². The molecule has 192 valence electrons. The van der Waals surface area contributed by atoms with E-state index in [1.165, 1.54) is 28.6 Å². The summed E-state index contributed by atoms with van der Waals surface area (Å²) in [5.41, 5.74) is 1.83. The molecule has 0 unspecified atom stereocenters. The van der Waals surface area contributed by atoms with Crippen LogP contribution in [-0.2, 0) is 33.1 Å². The van der Waals surface area contributed by atoms with Gasteiger partial charge in [0.15, 0.2) is 0 Å². The van der Waals surface area contributed by atoms with Crippen molar-refractivity contribution in [2.75, 3.05) is 6.54 Å². The third kappa shape index (κ3) is 6.06. The van der Waals surface area contributed by atoms with E-state index in [1.54, 1.807) is 11.2 Å². The molecule has 0 bridgehead atoms. The molecule has 3 aromatic rings. The summed E-state index contributed by atoms with van der Waals surface area (Å²) < 4.78 is 57.2. The molecule has 1 saturated carbocycles. The zero-order valence-electron chi connectivity index (χ0n) is 20.7. The standard InChI is InChI=1S/C28H34N2O4S2/c1-2-29(22-24-12-6-3-7-13-24)35(31,32)27-18-20-28(21-19-27)36(33,34)30(26-16-10-5-11-17-26)23-25-14-8-4-9-15-25/h3-4,6-9,12-15,18-21,26H,2,5,10-11,16-17,22-23H2,1H3. The van der Waals surface area contributed by atoms with Gasteiger partial charge in [0.05, 0.1) is 9.79 Å². The Labute approximate surface area is 215 Å². The maximum Gasteiger partial charge on any atom is 0.243 e. The molecule has 0 N–H and O–H groups in total. The Morgan fingerprint density at radius 3 is 1.61 bits per heavy atom. The fourth-order valence-electron chi connectivity index (χ4n) is 4.76. The molecule has 8 heteroatoms. The van der Waals surface area contributed by atoms with E-state index < -0.39 is 20.0 Å². The average molecular weight is 527 g/mol. The summed E-state index contributed by atoms with van der Waals surface area (Å²) >= 11 is 0. The maximum atomic E-state index is 13.8. The molecule has 1 aliphatic carbocycles. The van der Waals surface area contributed by atoms with Gasteiger partial charge in [0.1, 0.15) is 0 Å². The van der Waals surface area contributed by atoms with E-state index >= 15 is 0 Å². The minimum Gasteiger partial charge on any atom is -0.207 e. The van der Waals surface area contributed by atoms with Crippen LogP contribution in [0.25, 0.3) is 0 Å². The fraction of sp³-hybridized carbons (Fsp3) is 0.357. The molecule has 0 radical (unpaired) electrons. The summed E-state index contributed by atoms with van der Waals surface area (Å²) in [5, 5.41) is 0. The number of hydrogen-bond acceptors (Lipinski definition) is 4. The monoisotopic (exact) mass is 526 g/mol. The second-order valence-corrected chi connectivity index (χ2v) is 13.0. The van der Waals surface area contributed by atoms with Gasteiger partial charge in [-0.15, -0.1) is 0 Å². The maximum absolute atomic E-state index is 13.8. The van der Waals surface area contributed by atoms with Gasteiger partial charge >= 0.3 is 0 Å². The molecule has 0 saturated heterocycles. The largest absolute Gasteiger partial charge is 0.243 e. The molecule has 1 aliphatic rings. The first kappa shape index (κ1) is 26.5. The van der Waals surface area contributed by atoms with Crippen LogP contribution in [0.5, 0.6) is 0 Å². The van der Waals surface area contributed by atoms with Crippen LogP contribution >= 0.6 is 0 Å². The van der Waals surface area contributed by atoms with Gasteiger partial charge in [0, 0.05) is 25.7 Å². The third-order valence-corrected chi connectivity index (χ3v) is 10.6. The Bertz CT molecular complexity index is 1320. The van der Waals surface area contributed by atoms with Crippen molar-refractivity contribution in [3.63, 3.8) is 0 Å². The van der Waals surface area contributed by atoms with Gasteiger partial charge in [-0.1, -0.05) is 86.8 Å². The van der Waals surface area contributed by atoms with Crippen LogP contribution in [0.1, 0.15) is 50.2 Å². The first-order valence-corrected chi connectivity index (χ1v) is 15.4.